The summed E-state index contributed by atoms with van der Waals surface area (Å²) >= 11 is 0. The van der Waals surface area contributed by atoms with E-state index in [1.807, 2.05) is 0 Å². The summed E-state index contributed by atoms with van der Waals surface area (Å²) in [6, 6.07) is 0.736. The number of hydrogen-bond donors (Lipinski definition) is 2. The van der Waals surface area contributed by atoms with Crippen LogP contribution in [0.5, 0.6) is 0 Å². The van der Waals surface area contributed by atoms with Crippen molar-refractivity contribution in [1.82, 2.24) is 10.6 Å². The van der Waals surface area contributed by atoms with Gasteiger partial charge in [-0.2, -0.15) is 0 Å². The minimum Gasteiger partial charge on any atom is -0.381 e. The number of nitrogens with one attached hydrogen (secondary N) is 2. The van der Waals surface area contributed by atoms with Gasteiger partial charge in [0, 0.05) is 17.5 Å². The van der Waals surface area contributed by atoms with Gasteiger partial charge in [-0.25, -0.2) is 0 Å². The molecule has 3 heterocycles. The van der Waals surface area contributed by atoms with E-state index in [0.29, 0.717) is 5.54 Å². The first-order valence-electron chi connectivity index (χ1n) is 4.98. The van der Waals surface area contributed by atoms with Gasteiger partial charge < -0.3 is 15.4 Å². The lowest BCUT2D eigenvalue weighted by Crippen LogP contribution is -2.77. The fraction of sp³-hybridized carbons (Fsp3) is 1.00. The van der Waals surface area contributed by atoms with Crippen LogP contribution in [-0.4, -0.2) is 37.9 Å². The maximum Gasteiger partial charge on any atom is 0.0534 e. The molecule has 0 aromatic carbocycles. The third-order valence-corrected chi connectivity index (χ3v) is 3.80. The van der Waals surface area contributed by atoms with Crippen LogP contribution < -0.4 is 10.6 Å². The van der Waals surface area contributed by atoms with E-state index in [-0.39, 0.29) is 0 Å². The predicted molar refractivity (Wildman–Crippen MR) is 46.1 cm³/mol. The quantitative estimate of drug-likeness (QED) is 0.595. The summed E-state index contributed by atoms with van der Waals surface area (Å²) in [5, 5.41) is 7.14. The van der Waals surface area contributed by atoms with Gasteiger partial charge in [0.2, 0.25) is 0 Å². The molecule has 3 aliphatic rings. The van der Waals surface area contributed by atoms with Gasteiger partial charge >= 0.3 is 0 Å². The fourth-order valence-corrected chi connectivity index (χ4v) is 2.61. The number of hydrogen-bond acceptors (Lipinski definition) is 3. The lowest BCUT2D eigenvalue weighted by atomic mass is 9.67. The molecule has 0 saturated carbocycles. The van der Waals surface area contributed by atoms with Crippen molar-refractivity contribution >= 4 is 0 Å². The van der Waals surface area contributed by atoms with Crippen molar-refractivity contribution in [3.63, 3.8) is 0 Å². The van der Waals surface area contributed by atoms with Crippen molar-refractivity contribution in [1.29, 1.82) is 0 Å². The number of rotatable bonds is 2. The van der Waals surface area contributed by atoms with Crippen LogP contribution in [0.4, 0.5) is 0 Å². The zero-order chi connectivity index (χ0) is 8.02. The third kappa shape index (κ3) is 0.767. The summed E-state index contributed by atoms with van der Waals surface area (Å²) in [6.07, 6.45) is 2.70. The molecule has 2 unspecified atom stereocenters. The average Bonchev–Trinajstić information content (AvgIpc) is 1.73. The van der Waals surface area contributed by atoms with Crippen molar-refractivity contribution in [2.24, 2.45) is 5.92 Å². The lowest BCUT2D eigenvalue weighted by molar-refractivity contribution is -0.116. The van der Waals surface area contributed by atoms with Crippen LogP contribution in [0.1, 0.15) is 12.8 Å². The van der Waals surface area contributed by atoms with Crippen molar-refractivity contribution < 1.29 is 4.74 Å². The molecule has 3 aliphatic heterocycles. The SMILES string of the molecule is C1CC(C2(C3COC3)CCN2)N1. The Morgan fingerprint density at radius 1 is 1.25 bits per heavy atom. The molecular formula is C9H16N2O. The Kier molecular flexibility index (Phi) is 1.48. The monoisotopic (exact) mass is 168 g/mol. The van der Waals surface area contributed by atoms with E-state index in [4.69, 9.17) is 4.74 Å². The molecule has 12 heavy (non-hydrogen) atoms. The average molecular weight is 168 g/mol. The molecule has 68 valence electrons. The summed E-state index contributed by atoms with van der Waals surface area (Å²) in [6.45, 7) is 4.37. The van der Waals surface area contributed by atoms with Crippen LogP contribution in [0.3, 0.4) is 0 Å². The second-order valence-corrected chi connectivity index (χ2v) is 4.25. The van der Waals surface area contributed by atoms with E-state index in [1.165, 1.54) is 25.9 Å². The summed E-state index contributed by atoms with van der Waals surface area (Å²) in [7, 11) is 0. The molecule has 3 fully saturated rings. The second-order valence-electron chi connectivity index (χ2n) is 4.25. The van der Waals surface area contributed by atoms with Crippen LogP contribution in [0.2, 0.25) is 0 Å². The molecule has 0 spiro atoms. The first-order chi connectivity index (χ1) is 5.92. The lowest BCUT2D eigenvalue weighted by Gasteiger charge is -2.58. The Hall–Kier alpha value is -0.120. The number of ether oxygens (including phenoxy) is 1. The molecule has 0 aromatic rings. The Morgan fingerprint density at radius 3 is 2.25 bits per heavy atom. The minimum absolute atomic E-state index is 0.427. The third-order valence-electron chi connectivity index (χ3n) is 3.80. The van der Waals surface area contributed by atoms with E-state index in [2.05, 4.69) is 10.6 Å². The van der Waals surface area contributed by atoms with Gasteiger partial charge in [-0.15, -0.1) is 0 Å². The molecule has 0 amide bonds. The second kappa shape index (κ2) is 2.44. The topological polar surface area (TPSA) is 33.3 Å². The van der Waals surface area contributed by atoms with E-state index in [0.717, 1.165) is 25.2 Å². The smallest absolute Gasteiger partial charge is 0.0534 e. The van der Waals surface area contributed by atoms with Gasteiger partial charge in [0.15, 0.2) is 0 Å². The molecular weight excluding hydrogens is 152 g/mol. The summed E-state index contributed by atoms with van der Waals surface area (Å²) in [5.41, 5.74) is 0.427. The Morgan fingerprint density at radius 2 is 2.00 bits per heavy atom. The standard InChI is InChI=1S/C9H16N2O/c1-3-10-8(1)9(2-4-11-9)7-5-12-6-7/h7-8,10-11H,1-6H2. The van der Waals surface area contributed by atoms with E-state index in [1.54, 1.807) is 0 Å². The molecule has 2 N–H and O–H groups in total. The highest BCUT2D eigenvalue weighted by Crippen LogP contribution is 2.38. The van der Waals surface area contributed by atoms with Gasteiger partial charge in [0.25, 0.3) is 0 Å². The first-order valence-corrected chi connectivity index (χ1v) is 4.98. The van der Waals surface area contributed by atoms with Gasteiger partial charge in [-0.3, -0.25) is 0 Å². The van der Waals surface area contributed by atoms with E-state index in [9.17, 15) is 0 Å². The zero-order valence-corrected chi connectivity index (χ0v) is 7.31. The van der Waals surface area contributed by atoms with Crippen LogP contribution in [0, 0.1) is 5.92 Å². The highest BCUT2D eigenvalue weighted by Gasteiger charge is 2.53. The van der Waals surface area contributed by atoms with Gasteiger partial charge in [0.05, 0.1) is 13.2 Å². The Bertz CT molecular complexity index is 167. The van der Waals surface area contributed by atoms with Crippen molar-refractivity contribution in [3.8, 4) is 0 Å². The van der Waals surface area contributed by atoms with Crippen LogP contribution in [0.15, 0.2) is 0 Å². The largest absolute Gasteiger partial charge is 0.381 e. The summed E-state index contributed by atoms with van der Waals surface area (Å²) in [4.78, 5) is 0. The van der Waals surface area contributed by atoms with Crippen molar-refractivity contribution in [3.05, 3.63) is 0 Å². The molecule has 3 nitrogen and oxygen atoms in total. The molecule has 2 atom stereocenters. The molecule has 3 saturated heterocycles. The highest BCUT2D eigenvalue weighted by atomic mass is 16.5. The van der Waals surface area contributed by atoms with Crippen molar-refractivity contribution in [2.75, 3.05) is 26.3 Å². The molecule has 3 rings (SSSR count). The van der Waals surface area contributed by atoms with Crippen molar-refractivity contribution in [2.45, 2.75) is 24.4 Å². The Balaban J connectivity index is 1.73. The normalized spacial score (nSPS) is 47.5. The minimum atomic E-state index is 0.427. The van der Waals surface area contributed by atoms with Crippen LogP contribution in [0.25, 0.3) is 0 Å². The van der Waals surface area contributed by atoms with Crippen LogP contribution >= 0.6 is 0 Å². The fourth-order valence-electron chi connectivity index (χ4n) is 2.61. The summed E-state index contributed by atoms with van der Waals surface area (Å²) in [5.74, 6) is 0.782. The first kappa shape index (κ1) is 7.30. The van der Waals surface area contributed by atoms with E-state index < -0.39 is 0 Å². The van der Waals surface area contributed by atoms with Gasteiger partial charge in [-0.05, 0) is 25.9 Å². The maximum absolute atomic E-state index is 5.27. The zero-order valence-electron chi connectivity index (χ0n) is 7.31. The highest BCUT2D eigenvalue weighted by molar-refractivity contribution is 5.13. The van der Waals surface area contributed by atoms with Gasteiger partial charge in [-0.1, -0.05) is 0 Å². The van der Waals surface area contributed by atoms with Crippen LogP contribution in [-0.2, 0) is 4.74 Å². The van der Waals surface area contributed by atoms with E-state index >= 15 is 0 Å². The molecule has 0 radical (unpaired) electrons. The molecule has 0 aliphatic carbocycles. The molecule has 0 aromatic heterocycles. The maximum atomic E-state index is 5.27. The summed E-state index contributed by atoms with van der Waals surface area (Å²) < 4.78 is 5.27. The molecule has 3 heteroatoms. The Labute approximate surface area is 72.9 Å². The predicted octanol–water partition coefficient (Wildman–Crippen LogP) is -0.273. The van der Waals surface area contributed by atoms with Gasteiger partial charge in [0.1, 0.15) is 0 Å². The molecule has 0 bridgehead atoms.